The average Bonchev–Trinajstić information content (AvgIpc) is 2.80. The molecule has 2 amide bonds. The van der Waals surface area contributed by atoms with Crippen molar-refractivity contribution in [2.24, 2.45) is 5.92 Å². The molecule has 2 atom stereocenters. The third-order valence-corrected chi connectivity index (χ3v) is 8.15. The van der Waals surface area contributed by atoms with E-state index in [1.807, 2.05) is 0 Å². The first-order valence-corrected chi connectivity index (χ1v) is 12.5. The summed E-state index contributed by atoms with van der Waals surface area (Å²) in [5, 5.41) is 5.54. The largest absolute Gasteiger partial charge is 0.479 e. The quantitative estimate of drug-likeness (QED) is 0.628. The van der Waals surface area contributed by atoms with Crippen LogP contribution in [0, 0.1) is 12.8 Å². The first kappa shape index (κ1) is 23.9. The van der Waals surface area contributed by atoms with Gasteiger partial charge in [0.05, 0.1) is 16.5 Å². The molecular weight excluding hydrogens is 458 g/mol. The van der Waals surface area contributed by atoms with Gasteiger partial charge in [-0.3, -0.25) is 14.4 Å². The van der Waals surface area contributed by atoms with Crippen LogP contribution < -0.4 is 15.4 Å². The predicted molar refractivity (Wildman–Crippen MR) is 126 cm³/mol. The highest BCUT2D eigenvalue weighted by Crippen LogP contribution is 2.36. The number of nitrogens with zero attached hydrogens (tertiary/aromatic N) is 1. The molecule has 0 aromatic heterocycles. The Morgan fingerprint density at radius 2 is 1.88 bits per heavy atom. The maximum atomic E-state index is 13.5. The number of anilines is 2. The van der Waals surface area contributed by atoms with Crippen molar-refractivity contribution in [2.45, 2.75) is 44.6 Å². The number of ketones is 1. The first-order chi connectivity index (χ1) is 16.1. The van der Waals surface area contributed by atoms with Crippen LogP contribution in [-0.4, -0.2) is 49.5 Å². The summed E-state index contributed by atoms with van der Waals surface area (Å²) in [6, 6.07) is 9.62. The summed E-state index contributed by atoms with van der Waals surface area (Å²) in [4.78, 5) is 36.2. The van der Waals surface area contributed by atoms with Crippen LogP contribution in [0.4, 0.5) is 11.4 Å². The number of fused-ring (bicyclic) bond motifs is 1. The molecule has 4 rings (SSSR count). The molecule has 2 aliphatic rings. The minimum Gasteiger partial charge on any atom is -0.479 e. The molecule has 2 aliphatic heterocycles. The minimum absolute atomic E-state index is 0.0597. The first-order valence-electron chi connectivity index (χ1n) is 11.1. The van der Waals surface area contributed by atoms with Crippen molar-refractivity contribution >= 4 is 39.0 Å². The maximum absolute atomic E-state index is 13.5. The van der Waals surface area contributed by atoms with Gasteiger partial charge in [0.15, 0.2) is 11.9 Å². The Morgan fingerprint density at radius 1 is 1.18 bits per heavy atom. The smallest absolute Gasteiger partial charge is 0.265 e. The van der Waals surface area contributed by atoms with Crippen LogP contribution in [0.3, 0.4) is 0 Å². The van der Waals surface area contributed by atoms with Crippen LogP contribution in [-0.2, 0) is 19.6 Å². The number of Topliss-reactive ketones (excluding diaryl/α,β-unsaturated/α-hetero) is 1. The van der Waals surface area contributed by atoms with Gasteiger partial charge in [-0.15, -0.1) is 0 Å². The zero-order valence-electron chi connectivity index (χ0n) is 19.3. The van der Waals surface area contributed by atoms with Crippen molar-refractivity contribution < 1.29 is 27.5 Å². The zero-order valence-corrected chi connectivity index (χ0v) is 20.1. The Hall–Kier alpha value is -3.24. The van der Waals surface area contributed by atoms with Crippen LogP contribution in [0.15, 0.2) is 41.3 Å². The van der Waals surface area contributed by atoms with Gasteiger partial charge in [0.25, 0.3) is 5.91 Å². The van der Waals surface area contributed by atoms with Crippen LogP contribution in [0.5, 0.6) is 5.75 Å². The summed E-state index contributed by atoms with van der Waals surface area (Å²) >= 11 is 0. The highest BCUT2D eigenvalue weighted by Gasteiger charge is 2.35. The Morgan fingerprint density at radius 3 is 2.56 bits per heavy atom. The van der Waals surface area contributed by atoms with E-state index in [0.717, 1.165) is 0 Å². The number of benzene rings is 2. The van der Waals surface area contributed by atoms with Gasteiger partial charge < -0.3 is 15.4 Å². The number of rotatable bonds is 5. The molecule has 1 saturated heterocycles. The number of amides is 2. The van der Waals surface area contributed by atoms with Crippen molar-refractivity contribution in [3.05, 3.63) is 47.5 Å². The van der Waals surface area contributed by atoms with E-state index in [-0.39, 0.29) is 29.0 Å². The molecule has 2 aromatic carbocycles. The number of hydrogen-bond acceptors (Lipinski definition) is 6. The number of nitrogens with one attached hydrogen (secondary N) is 2. The van der Waals surface area contributed by atoms with Crippen LogP contribution in [0.1, 0.15) is 42.6 Å². The number of piperidine rings is 1. The van der Waals surface area contributed by atoms with Gasteiger partial charge >= 0.3 is 0 Å². The number of sulfonamides is 1. The molecule has 2 aromatic rings. The highest BCUT2D eigenvalue weighted by atomic mass is 32.2. The Labute approximate surface area is 198 Å². The van der Waals surface area contributed by atoms with Gasteiger partial charge in [0, 0.05) is 30.4 Å². The SMILES string of the molecule is CC(=O)c1ccc(NC(=O)[C@H]2CCCN(S(=O)(=O)c3cc4c(cc3C)NC(=O)[C@H](C)O4)C2)cc1. The second-order valence-electron chi connectivity index (χ2n) is 8.69. The van der Waals surface area contributed by atoms with Crippen molar-refractivity contribution in [2.75, 3.05) is 23.7 Å². The molecule has 180 valence electrons. The molecule has 1 fully saturated rings. The number of ether oxygens (including phenoxy) is 1. The minimum atomic E-state index is -3.89. The van der Waals surface area contributed by atoms with E-state index >= 15 is 0 Å². The fourth-order valence-corrected chi connectivity index (χ4v) is 5.91. The van der Waals surface area contributed by atoms with Crippen LogP contribution >= 0.6 is 0 Å². The van der Waals surface area contributed by atoms with Crippen molar-refractivity contribution in [1.29, 1.82) is 0 Å². The molecule has 2 N–H and O–H groups in total. The zero-order chi connectivity index (χ0) is 24.6. The number of carbonyl (C=O) groups excluding carboxylic acids is 3. The Bertz CT molecular complexity index is 1260. The Kier molecular flexibility index (Phi) is 6.46. The summed E-state index contributed by atoms with van der Waals surface area (Å²) in [7, 11) is -3.89. The standard InChI is InChI=1S/C24H27N3O6S/c1-14-11-20-21(33-16(3)23(29)26-20)12-22(14)34(31,32)27-10-4-5-18(13-27)24(30)25-19-8-6-17(7-9-19)15(2)28/h6-9,11-12,16,18H,4-5,10,13H2,1-3H3,(H,25,30)(H,26,29)/t16-,18-/m0/s1. The molecule has 0 saturated carbocycles. The van der Waals surface area contributed by atoms with E-state index in [0.29, 0.717) is 47.6 Å². The lowest BCUT2D eigenvalue weighted by Crippen LogP contribution is -2.44. The van der Waals surface area contributed by atoms with E-state index in [1.54, 1.807) is 44.2 Å². The molecule has 0 aliphatic carbocycles. The van der Waals surface area contributed by atoms with Crippen LogP contribution in [0.25, 0.3) is 0 Å². The fraction of sp³-hybridized carbons (Fsp3) is 0.375. The summed E-state index contributed by atoms with van der Waals surface area (Å²) < 4.78 is 33.9. The molecule has 0 bridgehead atoms. The molecule has 0 spiro atoms. The Balaban J connectivity index is 1.51. The van der Waals surface area contributed by atoms with E-state index in [9.17, 15) is 22.8 Å². The summed E-state index contributed by atoms with van der Waals surface area (Å²) in [6.45, 7) is 5.09. The lowest BCUT2D eigenvalue weighted by atomic mass is 9.98. The monoisotopic (exact) mass is 485 g/mol. The molecule has 9 nitrogen and oxygen atoms in total. The molecular formula is C24H27N3O6S. The molecule has 10 heteroatoms. The van der Waals surface area contributed by atoms with Gasteiger partial charge in [-0.1, -0.05) is 0 Å². The second kappa shape index (κ2) is 9.19. The topological polar surface area (TPSA) is 122 Å². The number of aryl methyl sites for hydroxylation is 1. The number of carbonyl (C=O) groups is 3. The average molecular weight is 486 g/mol. The fourth-order valence-electron chi connectivity index (χ4n) is 4.17. The molecule has 2 heterocycles. The highest BCUT2D eigenvalue weighted by molar-refractivity contribution is 7.89. The summed E-state index contributed by atoms with van der Waals surface area (Å²) in [6.07, 6.45) is 0.395. The van der Waals surface area contributed by atoms with Gasteiger partial charge in [0.2, 0.25) is 15.9 Å². The van der Waals surface area contributed by atoms with E-state index in [4.69, 9.17) is 4.74 Å². The van der Waals surface area contributed by atoms with Crippen molar-refractivity contribution in [3.63, 3.8) is 0 Å². The normalized spacial score (nSPS) is 20.6. The lowest BCUT2D eigenvalue weighted by molar-refractivity contribution is -0.123. The third-order valence-electron chi connectivity index (χ3n) is 6.14. The van der Waals surface area contributed by atoms with Gasteiger partial charge in [-0.05, 0) is 69.5 Å². The van der Waals surface area contributed by atoms with E-state index < -0.39 is 22.0 Å². The van der Waals surface area contributed by atoms with Crippen molar-refractivity contribution in [3.8, 4) is 5.75 Å². The summed E-state index contributed by atoms with van der Waals surface area (Å²) in [5.41, 5.74) is 2.01. The van der Waals surface area contributed by atoms with E-state index in [1.165, 1.54) is 17.3 Å². The van der Waals surface area contributed by atoms with Gasteiger partial charge in [0.1, 0.15) is 5.75 Å². The van der Waals surface area contributed by atoms with E-state index in [2.05, 4.69) is 10.6 Å². The van der Waals surface area contributed by atoms with Gasteiger partial charge in [-0.2, -0.15) is 4.31 Å². The molecule has 0 radical (unpaired) electrons. The van der Waals surface area contributed by atoms with Crippen molar-refractivity contribution in [1.82, 2.24) is 4.31 Å². The molecule has 0 unspecified atom stereocenters. The van der Waals surface area contributed by atoms with Gasteiger partial charge in [-0.25, -0.2) is 8.42 Å². The molecule has 34 heavy (non-hydrogen) atoms. The second-order valence-corrected chi connectivity index (χ2v) is 10.6. The van der Waals surface area contributed by atoms with Crippen LogP contribution in [0.2, 0.25) is 0 Å². The maximum Gasteiger partial charge on any atom is 0.265 e. The predicted octanol–water partition coefficient (Wildman–Crippen LogP) is 2.96. The lowest BCUT2D eigenvalue weighted by Gasteiger charge is -2.32. The number of hydrogen-bond donors (Lipinski definition) is 2. The third kappa shape index (κ3) is 4.69. The summed E-state index contributed by atoms with van der Waals surface area (Å²) in [5.74, 6) is -0.826.